The van der Waals surface area contributed by atoms with Gasteiger partial charge in [-0.25, -0.2) is 0 Å². The molecule has 0 bridgehead atoms. The molecule has 2 heterocycles. The van der Waals surface area contributed by atoms with Crippen LogP contribution in [0.25, 0.3) is 0 Å². The van der Waals surface area contributed by atoms with Crippen LogP contribution in [0.15, 0.2) is 22.7 Å². The Labute approximate surface area is 118 Å². The van der Waals surface area contributed by atoms with Crippen molar-refractivity contribution < 1.29 is 9.26 Å². The van der Waals surface area contributed by atoms with E-state index in [1.165, 1.54) is 16.7 Å². The van der Waals surface area contributed by atoms with Gasteiger partial charge in [-0.3, -0.25) is 0 Å². The first kappa shape index (κ1) is 13.3. The molecule has 3 rings (SSSR count). The molecule has 0 amide bonds. The Morgan fingerprint density at radius 2 is 2.20 bits per heavy atom. The lowest BCUT2D eigenvalue weighted by Gasteiger charge is -2.20. The van der Waals surface area contributed by atoms with Crippen LogP contribution in [0.2, 0.25) is 0 Å². The summed E-state index contributed by atoms with van der Waals surface area (Å²) in [5, 5.41) is 7.36. The summed E-state index contributed by atoms with van der Waals surface area (Å²) in [4.78, 5) is 4.46. The molecule has 1 aromatic carbocycles. The van der Waals surface area contributed by atoms with E-state index in [4.69, 9.17) is 9.26 Å². The van der Waals surface area contributed by atoms with Crippen molar-refractivity contribution in [2.75, 3.05) is 19.8 Å². The molecule has 2 aromatic rings. The number of nitrogens with zero attached hydrogens (tertiary/aromatic N) is 2. The van der Waals surface area contributed by atoms with Gasteiger partial charge in [-0.1, -0.05) is 23.4 Å². The maximum absolute atomic E-state index is 5.40. The van der Waals surface area contributed by atoms with Crippen LogP contribution in [0.4, 0.5) is 0 Å². The van der Waals surface area contributed by atoms with Crippen LogP contribution in [-0.2, 0) is 11.2 Å². The molecule has 1 aromatic heterocycles. The van der Waals surface area contributed by atoms with Crippen molar-refractivity contribution in [3.05, 3.63) is 46.6 Å². The maximum Gasteiger partial charge on any atom is 0.246 e. The highest BCUT2D eigenvalue weighted by Gasteiger charge is 2.21. The van der Waals surface area contributed by atoms with Crippen LogP contribution in [-0.4, -0.2) is 29.9 Å². The van der Waals surface area contributed by atoms with Gasteiger partial charge in [0.2, 0.25) is 5.89 Å². The quantitative estimate of drug-likeness (QED) is 0.926. The number of aromatic nitrogens is 2. The molecule has 1 saturated heterocycles. The van der Waals surface area contributed by atoms with Gasteiger partial charge in [0, 0.05) is 13.0 Å². The Kier molecular flexibility index (Phi) is 3.80. The van der Waals surface area contributed by atoms with E-state index >= 15 is 0 Å². The minimum absolute atomic E-state index is 0.0183. The molecule has 0 saturated carbocycles. The van der Waals surface area contributed by atoms with Crippen LogP contribution in [0.5, 0.6) is 0 Å². The van der Waals surface area contributed by atoms with Gasteiger partial charge in [-0.05, 0) is 30.5 Å². The maximum atomic E-state index is 5.40. The first-order chi connectivity index (χ1) is 9.72. The minimum atomic E-state index is 0.0183. The largest absolute Gasteiger partial charge is 0.378 e. The summed E-state index contributed by atoms with van der Waals surface area (Å²) < 4.78 is 10.7. The average Bonchev–Trinajstić information content (AvgIpc) is 2.92. The minimum Gasteiger partial charge on any atom is -0.378 e. The Hall–Kier alpha value is -1.72. The van der Waals surface area contributed by atoms with Gasteiger partial charge < -0.3 is 14.6 Å². The second kappa shape index (κ2) is 5.73. The van der Waals surface area contributed by atoms with E-state index in [-0.39, 0.29) is 6.04 Å². The third-order valence-electron chi connectivity index (χ3n) is 3.64. The molecule has 1 aliphatic rings. The molecule has 1 atom stereocenters. The summed E-state index contributed by atoms with van der Waals surface area (Å²) in [6, 6.07) is 6.43. The number of hydrogen-bond acceptors (Lipinski definition) is 5. The van der Waals surface area contributed by atoms with E-state index in [1.807, 2.05) is 0 Å². The van der Waals surface area contributed by atoms with Crippen LogP contribution >= 0.6 is 0 Å². The smallest absolute Gasteiger partial charge is 0.246 e. The number of nitrogens with one attached hydrogen (secondary N) is 1. The van der Waals surface area contributed by atoms with Crippen LogP contribution < -0.4 is 5.32 Å². The molecular weight excluding hydrogens is 254 g/mol. The third-order valence-corrected chi connectivity index (χ3v) is 3.64. The predicted octanol–water partition coefficient (Wildman–Crippen LogP) is 1.94. The second-order valence-electron chi connectivity index (χ2n) is 5.23. The fourth-order valence-corrected chi connectivity index (χ4v) is 2.30. The van der Waals surface area contributed by atoms with E-state index in [2.05, 4.69) is 47.5 Å². The number of benzene rings is 1. The Morgan fingerprint density at radius 3 is 2.95 bits per heavy atom. The summed E-state index contributed by atoms with van der Waals surface area (Å²) in [7, 11) is 0. The van der Waals surface area contributed by atoms with Crippen molar-refractivity contribution in [2.24, 2.45) is 0 Å². The first-order valence-corrected chi connectivity index (χ1v) is 6.92. The molecule has 1 aliphatic heterocycles. The molecule has 5 nitrogen and oxygen atoms in total. The van der Waals surface area contributed by atoms with Gasteiger partial charge >= 0.3 is 0 Å². The molecular formula is C15H19N3O2. The molecule has 1 N–H and O–H groups in total. The van der Waals surface area contributed by atoms with E-state index in [9.17, 15) is 0 Å². The standard InChI is InChI=1S/C15H19N3O2/c1-10-3-4-12(7-11(10)2)8-14-17-15(20-18-14)13-9-19-6-5-16-13/h3-4,7,13,16H,5-6,8-9H2,1-2H3. The molecule has 1 unspecified atom stereocenters. The molecule has 106 valence electrons. The van der Waals surface area contributed by atoms with Crippen LogP contribution in [0.3, 0.4) is 0 Å². The zero-order valence-electron chi connectivity index (χ0n) is 11.8. The van der Waals surface area contributed by atoms with E-state index < -0.39 is 0 Å². The van der Waals surface area contributed by atoms with Crippen molar-refractivity contribution in [3.63, 3.8) is 0 Å². The summed E-state index contributed by atoms with van der Waals surface area (Å²) >= 11 is 0. The number of aryl methyl sites for hydroxylation is 2. The third kappa shape index (κ3) is 2.89. The van der Waals surface area contributed by atoms with Crippen molar-refractivity contribution in [2.45, 2.75) is 26.3 Å². The van der Waals surface area contributed by atoms with Gasteiger partial charge in [0.25, 0.3) is 0 Å². The lowest BCUT2D eigenvalue weighted by atomic mass is 10.0. The first-order valence-electron chi connectivity index (χ1n) is 6.92. The van der Waals surface area contributed by atoms with E-state index in [1.54, 1.807) is 0 Å². The van der Waals surface area contributed by atoms with Gasteiger partial charge in [-0.15, -0.1) is 0 Å². The molecule has 0 spiro atoms. The fraction of sp³-hybridized carbons (Fsp3) is 0.467. The molecule has 20 heavy (non-hydrogen) atoms. The number of rotatable bonds is 3. The summed E-state index contributed by atoms with van der Waals surface area (Å²) in [6.45, 7) is 6.37. The van der Waals surface area contributed by atoms with Crippen molar-refractivity contribution in [1.29, 1.82) is 0 Å². The summed E-state index contributed by atoms with van der Waals surface area (Å²) in [5.74, 6) is 1.33. The van der Waals surface area contributed by atoms with E-state index in [0.29, 0.717) is 18.9 Å². The van der Waals surface area contributed by atoms with Crippen molar-refractivity contribution >= 4 is 0 Å². The molecule has 1 fully saturated rings. The number of morpholine rings is 1. The second-order valence-corrected chi connectivity index (χ2v) is 5.23. The van der Waals surface area contributed by atoms with Gasteiger partial charge in [0.1, 0.15) is 6.04 Å². The van der Waals surface area contributed by atoms with E-state index in [0.717, 1.165) is 19.0 Å². The highest BCUT2D eigenvalue weighted by Crippen LogP contribution is 2.16. The average molecular weight is 273 g/mol. The number of hydrogen-bond donors (Lipinski definition) is 1. The fourth-order valence-electron chi connectivity index (χ4n) is 2.30. The van der Waals surface area contributed by atoms with Crippen molar-refractivity contribution in [3.8, 4) is 0 Å². The zero-order valence-corrected chi connectivity index (χ0v) is 11.8. The molecule has 5 heteroatoms. The lowest BCUT2D eigenvalue weighted by molar-refractivity contribution is 0.0659. The Morgan fingerprint density at radius 1 is 1.30 bits per heavy atom. The van der Waals surface area contributed by atoms with Crippen LogP contribution in [0, 0.1) is 13.8 Å². The number of ether oxygens (including phenoxy) is 1. The lowest BCUT2D eigenvalue weighted by Crippen LogP contribution is -2.34. The van der Waals surface area contributed by atoms with Gasteiger partial charge in [0.15, 0.2) is 5.82 Å². The monoisotopic (exact) mass is 273 g/mol. The normalized spacial score (nSPS) is 19.2. The summed E-state index contributed by atoms with van der Waals surface area (Å²) in [6.07, 6.45) is 0.693. The topological polar surface area (TPSA) is 60.2 Å². The Balaban J connectivity index is 1.71. The van der Waals surface area contributed by atoms with Gasteiger partial charge in [-0.2, -0.15) is 4.98 Å². The summed E-state index contributed by atoms with van der Waals surface area (Å²) in [5.41, 5.74) is 3.79. The highest BCUT2D eigenvalue weighted by atomic mass is 16.5. The molecule has 0 radical (unpaired) electrons. The predicted molar refractivity (Wildman–Crippen MR) is 74.6 cm³/mol. The Bertz CT molecular complexity index is 589. The molecule has 0 aliphatic carbocycles. The van der Waals surface area contributed by atoms with Crippen molar-refractivity contribution in [1.82, 2.24) is 15.5 Å². The highest BCUT2D eigenvalue weighted by molar-refractivity contribution is 5.31. The van der Waals surface area contributed by atoms with Gasteiger partial charge in [0.05, 0.1) is 13.2 Å². The van der Waals surface area contributed by atoms with Crippen LogP contribution in [0.1, 0.15) is 34.4 Å². The zero-order chi connectivity index (χ0) is 13.9. The SMILES string of the molecule is Cc1ccc(Cc2noc(C3COCCN3)n2)cc1C.